The fraction of sp³-hybridized carbons (Fsp3) is 0.417. The molecule has 2 aromatic carbocycles. The number of unbranched alkanes of at least 4 members (excludes halogenated alkanes) is 2. The highest BCUT2D eigenvalue weighted by Crippen LogP contribution is 2.20. The van der Waals surface area contributed by atoms with Gasteiger partial charge in [0.25, 0.3) is 11.8 Å². The lowest BCUT2D eigenvalue weighted by Crippen LogP contribution is -2.47. The SMILES string of the molecule is CCCCCOc1ccc(C(=O)Nc2ccccc2C(=O)N2CCN(C)CC2)cc1. The zero-order valence-electron chi connectivity index (χ0n) is 17.9. The van der Waals surface area contributed by atoms with Crippen LogP contribution in [0.25, 0.3) is 0 Å². The number of piperazine rings is 1. The first-order valence-corrected chi connectivity index (χ1v) is 10.7. The monoisotopic (exact) mass is 409 g/mol. The van der Waals surface area contributed by atoms with Crippen molar-refractivity contribution < 1.29 is 14.3 Å². The summed E-state index contributed by atoms with van der Waals surface area (Å²) in [6, 6.07) is 14.3. The van der Waals surface area contributed by atoms with Crippen LogP contribution in [0.2, 0.25) is 0 Å². The number of carbonyl (C=O) groups excluding carboxylic acids is 2. The molecular weight excluding hydrogens is 378 g/mol. The molecule has 2 amide bonds. The van der Waals surface area contributed by atoms with E-state index in [9.17, 15) is 9.59 Å². The Balaban J connectivity index is 1.63. The van der Waals surface area contributed by atoms with E-state index in [1.807, 2.05) is 29.2 Å². The summed E-state index contributed by atoms with van der Waals surface area (Å²) in [7, 11) is 2.05. The van der Waals surface area contributed by atoms with Gasteiger partial charge in [-0.1, -0.05) is 31.9 Å². The van der Waals surface area contributed by atoms with Crippen LogP contribution in [-0.4, -0.2) is 61.4 Å². The minimum atomic E-state index is -0.244. The molecule has 2 aromatic rings. The molecule has 6 heteroatoms. The molecule has 1 fully saturated rings. The van der Waals surface area contributed by atoms with E-state index in [1.54, 1.807) is 24.3 Å². The van der Waals surface area contributed by atoms with E-state index >= 15 is 0 Å². The molecular formula is C24H31N3O3. The van der Waals surface area contributed by atoms with Crippen LogP contribution in [0.5, 0.6) is 5.75 Å². The molecule has 0 aliphatic carbocycles. The maximum absolute atomic E-state index is 13.0. The van der Waals surface area contributed by atoms with Gasteiger partial charge >= 0.3 is 0 Å². The van der Waals surface area contributed by atoms with Gasteiger partial charge in [-0.2, -0.15) is 0 Å². The molecule has 1 saturated heterocycles. The molecule has 0 aromatic heterocycles. The second-order valence-electron chi connectivity index (χ2n) is 7.68. The Hall–Kier alpha value is -2.86. The van der Waals surface area contributed by atoms with Gasteiger partial charge in [-0.3, -0.25) is 9.59 Å². The van der Waals surface area contributed by atoms with Crippen molar-refractivity contribution in [2.45, 2.75) is 26.2 Å². The van der Waals surface area contributed by atoms with E-state index in [4.69, 9.17) is 4.74 Å². The first-order valence-electron chi connectivity index (χ1n) is 10.7. The number of amides is 2. The van der Waals surface area contributed by atoms with E-state index < -0.39 is 0 Å². The van der Waals surface area contributed by atoms with Gasteiger partial charge < -0.3 is 19.9 Å². The third kappa shape index (κ3) is 5.83. The van der Waals surface area contributed by atoms with Gasteiger partial charge in [-0.25, -0.2) is 0 Å². The molecule has 160 valence electrons. The standard InChI is InChI=1S/C24H31N3O3/c1-3-4-7-18-30-20-12-10-19(11-13-20)23(28)25-22-9-6-5-8-21(22)24(29)27-16-14-26(2)15-17-27/h5-6,8-13H,3-4,7,14-18H2,1-2H3,(H,25,28). The molecule has 30 heavy (non-hydrogen) atoms. The minimum absolute atomic E-state index is 0.0465. The predicted molar refractivity (Wildman–Crippen MR) is 119 cm³/mol. The summed E-state index contributed by atoms with van der Waals surface area (Å²) in [5.74, 6) is 0.467. The molecule has 0 spiro atoms. The zero-order valence-corrected chi connectivity index (χ0v) is 17.9. The van der Waals surface area contributed by atoms with Gasteiger partial charge in [0, 0.05) is 31.7 Å². The van der Waals surface area contributed by atoms with Crippen LogP contribution >= 0.6 is 0 Å². The Bertz CT molecular complexity index is 843. The van der Waals surface area contributed by atoms with Gasteiger partial charge in [-0.15, -0.1) is 0 Å². The Labute approximate surface area is 178 Å². The summed E-state index contributed by atoms with van der Waals surface area (Å²) in [6.45, 7) is 5.93. The summed E-state index contributed by atoms with van der Waals surface area (Å²) in [6.07, 6.45) is 3.32. The quantitative estimate of drug-likeness (QED) is 0.672. The summed E-state index contributed by atoms with van der Waals surface area (Å²) >= 11 is 0. The van der Waals surface area contributed by atoms with Crippen molar-refractivity contribution in [2.24, 2.45) is 0 Å². The maximum atomic E-state index is 13.0. The van der Waals surface area contributed by atoms with Crippen LogP contribution in [0.15, 0.2) is 48.5 Å². The predicted octanol–water partition coefficient (Wildman–Crippen LogP) is 3.90. The lowest BCUT2D eigenvalue weighted by atomic mass is 10.1. The van der Waals surface area contributed by atoms with Crippen LogP contribution in [-0.2, 0) is 0 Å². The van der Waals surface area contributed by atoms with E-state index in [1.165, 1.54) is 0 Å². The lowest BCUT2D eigenvalue weighted by molar-refractivity contribution is 0.0665. The van der Waals surface area contributed by atoms with E-state index in [0.29, 0.717) is 36.5 Å². The van der Waals surface area contributed by atoms with Gasteiger partial charge in [0.15, 0.2) is 0 Å². The van der Waals surface area contributed by atoms with Crippen LogP contribution in [0.3, 0.4) is 0 Å². The lowest BCUT2D eigenvalue weighted by Gasteiger charge is -2.32. The first kappa shape index (κ1) is 21.8. The second-order valence-corrected chi connectivity index (χ2v) is 7.68. The average Bonchev–Trinajstić information content (AvgIpc) is 2.77. The number of ether oxygens (including phenoxy) is 1. The molecule has 1 N–H and O–H groups in total. The number of para-hydroxylation sites is 1. The number of anilines is 1. The van der Waals surface area contributed by atoms with E-state index in [-0.39, 0.29) is 11.8 Å². The van der Waals surface area contributed by atoms with E-state index in [2.05, 4.69) is 24.2 Å². The molecule has 0 radical (unpaired) electrons. The number of benzene rings is 2. The van der Waals surface area contributed by atoms with Gasteiger partial charge in [0.05, 0.1) is 17.9 Å². The summed E-state index contributed by atoms with van der Waals surface area (Å²) in [5.41, 5.74) is 1.58. The first-order chi connectivity index (χ1) is 14.6. The third-order valence-corrected chi connectivity index (χ3v) is 5.33. The Morgan fingerprint density at radius 1 is 0.967 bits per heavy atom. The average molecular weight is 410 g/mol. The highest BCUT2D eigenvalue weighted by atomic mass is 16.5. The largest absolute Gasteiger partial charge is 0.494 e. The molecule has 6 nitrogen and oxygen atoms in total. The normalized spacial score (nSPS) is 14.4. The second kappa shape index (κ2) is 10.8. The van der Waals surface area contributed by atoms with Crippen molar-refractivity contribution in [1.82, 2.24) is 9.80 Å². The van der Waals surface area contributed by atoms with E-state index in [0.717, 1.165) is 38.1 Å². The van der Waals surface area contributed by atoms with Crippen molar-refractivity contribution >= 4 is 17.5 Å². The van der Waals surface area contributed by atoms with Crippen molar-refractivity contribution in [3.63, 3.8) is 0 Å². The molecule has 1 heterocycles. The molecule has 3 rings (SSSR count). The molecule has 0 unspecified atom stereocenters. The fourth-order valence-electron chi connectivity index (χ4n) is 3.40. The Morgan fingerprint density at radius 3 is 2.37 bits per heavy atom. The fourth-order valence-corrected chi connectivity index (χ4v) is 3.40. The smallest absolute Gasteiger partial charge is 0.256 e. The number of rotatable bonds is 8. The van der Waals surface area contributed by atoms with Gasteiger partial charge in [0.2, 0.25) is 0 Å². The highest BCUT2D eigenvalue weighted by Gasteiger charge is 2.23. The summed E-state index contributed by atoms with van der Waals surface area (Å²) in [4.78, 5) is 29.8. The van der Waals surface area contributed by atoms with Crippen LogP contribution < -0.4 is 10.1 Å². The maximum Gasteiger partial charge on any atom is 0.256 e. The molecule has 0 saturated carbocycles. The summed E-state index contributed by atoms with van der Waals surface area (Å²) < 4.78 is 5.70. The van der Waals surface area contributed by atoms with Crippen LogP contribution in [0, 0.1) is 0 Å². The number of carbonyl (C=O) groups is 2. The Morgan fingerprint density at radius 2 is 1.67 bits per heavy atom. The number of nitrogens with one attached hydrogen (secondary N) is 1. The third-order valence-electron chi connectivity index (χ3n) is 5.33. The van der Waals surface area contributed by atoms with Gasteiger partial charge in [-0.05, 0) is 49.9 Å². The van der Waals surface area contributed by atoms with Gasteiger partial charge in [0.1, 0.15) is 5.75 Å². The number of nitrogens with zero attached hydrogens (tertiary/aromatic N) is 2. The van der Waals surface area contributed by atoms with Crippen molar-refractivity contribution in [2.75, 3.05) is 45.2 Å². The minimum Gasteiger partial charge on any atom is -0.494 e. The molecule has 1 aliphatic rings. The highest BCUT2D eigenvalue weighted by molar-refractivity contribution is 6.09. The van der Waals surface area contributed by atoms with Crippen molar-refractivity contribution in [1.29, 1.82) is 0 Å². The Kier molecular flexibility index (Phi) is 7.85. The summed E-state index contributed by atoms with van der Waals surface area (Å²) in [5, 5.41) is 2.90. The molecule has 0 atom stereocenters. The molecule has 1 aliphatic heterocycles. The number of likely N-dealkylation sites (N-methyl/N-ethyl adjacent to an activating group) is 1. The number of hydrogen-bond acceptors (Lipinski definition) is 4. The topological polar surface area (TPSA) is 61.9 Å². The van der Waals surface area contributed by atoms with Crippen LogP contribution in [0.1, 0.15) is 46.9 Å². The zero-order chi connectivity index (χ0) is 21.3. The van der Waals surface area contributed by atoms with Crippen molar-refractivity contribution in [3.8, 4) is 5.75 Å². The number of hydrogen-bond donors (Lipinski definition) is 1. The van der Waals surface area contributed by atoms with Crippen molar-refractivity contribution in [3.05, 3.63) is 59.7 Å². The molecule has 0 bridgehead atoms. The van der Waals surface area contributed by atoms with Crippen LogP contribution in [0.4, 0.5) is 5.69 Å².